The number of primary amides is 1. The molecule has 37 heavy (non-hydrogen) atoms. The zero-order valence-electron chi connectivity index (χ0n) is 20.8. The lowest BCUT2D eigenvalue weighted by Gasteiger charge is -2.39. The van der Waals surface area contributed by atoms with Crippen molar-refractivity contribution < 1.29 is 35.9 Å². The molecule has 0 bridgehead atoms. The van der Waals surface area contributed by atoms with E-state index in [-0.39, 0.29) is 23.5 Å². The highest BCUT2D eigenvalue weighted by Gasteiger charge is 2.37. The lowest BCUT2D eigenvalue weighted by molar-refractivity contribution is -0.137. The zero-order valence-corrected chi connectivity index (χ0v) is 21.6. The molecule has 2 N–H and O–H groups in total. The van der Waals surface area contributed by atoms with Gasteiger partial charge >= 0.3 is 12.3 Å². The van der Waals surface area contributed by atoms with Crippen molar-refractivity contribution in [2.45, 2.75) is 62.9 Å². The molecule has 2 aromatic rings. The average Bonchev–Trinajstić information content (AvgIpc) is 2.81. The maximum atomic E-state index is 13.7. The molecule has 1 unspecified atom stereocenters. The molecule has 3 rings (SSSR count). The van der Waals surface area contributed by atoms with E-state index in [0.717, 1.165) is 24.3 Å². The van der Waals surface area contributed by atoms with Crippen LogP contribution in [-0.4, -0.2) is 54.4 Å². The van der Waals surface area contributed by atoms with Crippen LogP contribution in [0.1, 0.15) is 55.1 Å². The Bertz CT molecular complexity index is 1220. The van der Waals surface area contributed by atoms with Crippen LogP contribution in [0.25, 0.3) is 0 Å². The third-order valence-corrected chi connectivity index (χ3v) is 7.73. The van der Waals surface area contributed by atoms with Gasteiger partial charge in [-0.1, -0.05) is 12.1 Å². The third kappa shape index (κ3) is 7.22. The number of ether oxygens (including phenoxy) is 1. The molecular weight excluding hydrogens is 511 g/mol. The first kappa shape index (κ1) is 28.5. The summed E-state index contributed by atoms with van der Waals surface area (Å²) in [6.07, 6.45) is -4.25. The number of carbonyl (C=O) groups excluding carboxylic acids is 2. The van der Waals surface area contributed by atoms with Crippen molar-refractivity contribution in [2.24, 2.45) is 5.73 Å². The number of benzene rings is 2. The normalized spacial score (nSPS) is 17.1. The van der Waals surface area contributed by atoms with Crippen LogP contribution in [0.4, 0.5) is 18.0 Å². The fourth-order valence-electron chi connectivity index (χ4n) is 4.00. The quantitative estimate of drug-likeness (QED) is 0.583. The van der Waals surface area contributed by atoms with Crippen molar-refractivity contribution in [2.75, 3.05) is 13.1 Å². The molecule has 1 aliphatic rings. The Morgan fingerprint density at radius 3 is 2.16 bits per heavy atom. The number of piperidine rings is 1. The Kier molecular flexibility index (Phi) is 8.23. The summed E-state index contributed by atoms with van der Waals surface area (Å²) in [4.78, 5) is 25.2. The van der Waals surface area contributed by atoms with Crippen LogP contribution in [0.3, 0.4) is 0 Å². The zero-order chi connectivity index (χ0) is 27.6. The molecule has 0 aromatic heterocycles. The van der Waals surface area contributed by atoms with Gasteiger partial charge in [0, 0.05) is 31.2 Å². The molecule has 2 amide bonds. The Hall–Kier alpha value is -3.12. The second-order valence-electron chi connectivity index (χ2n) is 9.86. The highest BCUT2D eigenvalue weighted by molar-refractivity contribution is 7.89. The Balaban J connectivity index is 1.96. The second-order valence-corrected chi connectivity index (χ2v) is 11.7. The van der Waals surface area contributed by atoms with E-state index in [1.165, 1.54) is 21.3 Å². The van der Waals surface area contributed by atoms with Gasteiger partial charge in [0.1, 0.15) is 5.60 Å². The number of nitrogens with zero attached hydrogens (tertiary/aromatic N) is 2. The van der Waals surface area contributed by atoms with Crippen LogP contribution in [0.15, 0.2) is 53.4 Å². The van der Waals surface area contributed by atoms with Gasteiger partial charge in [-0.25, -0.2) is 13.2 Å². The molecule has 1 heterocycles. The molecule has 2 aromatic carbocycles. The molecule has 0 radical (unpaired) electrons. The average molecular weight is 542 g/mol. The third-order valence-electron chi connectivity index (χ3n) is 5.82. The minimum atomic E-state index is -4.61. The lowest BCUT2D eigenvalue weighted by atomic mass is 10.1. The van der Waals surface area contributed by atoms with Gasteiger partial charge in [-0.3, -0.25) is 4.79 Å². The topological polar surface area (TPSA) is 110 Å². The Labute approximate surface area is 214 Å². The molecule has 0 aliphatic carbocycles. The maximum absolute atomic E-state index is 13.7. The van der Waals surface area contributed by atoms with Gasteiger partial charge in [-0.2, -0.15) is 17.5 Å². The molecule has 0 saturated carbocycles. The first-order chi connectivity index (χ1) is 17.1. The molecule has 1 saturated heterocycles. The summed E-state index contributed by atoms with van der Waals surface area (Å²) >= 11 is 0. The number of likely N-dealkylation sites (tertiary alicyclic amines) is 1. The van der Waals surface area contributed by atoms with Crippen LogP contribution in [-0.2, 0) is 27.5 Å². The van der Waals surface area contributed by atoms with E-state index in [9.17, 15) is 31.2 Å². The molecule has 12 heteroatoms. The van der Waals surface area contributed by atoms with Gasteiger partial charge in [0.2, 0.25) is 15.9 Å². The monoisotopic (exact) mass is 541 g/mol. The molecule has 1 atom stereocenters. The number of nitrogens with two attached hydrogens (primary N) is 1. The first-order valence-corrected chi connectivity index (χ1v) is 13.1. The lowest BCUT2D eigenvalue weighted by Crippen LogP contribution is -2.52. The number of hydrogen-bond acceptors (Lipinski definition) is 5. The summed E-state index contributed by atoms with van der Waals surface area (Å²) in [7, 11) is -4.28. The van der Waals surface area contributed by atoms with Crippen molar-refractivity contribution in [3.05, 3.63) is 65.2 Å². The molecule has 8 nitrogen and oxygen atoms in total. The van der Waals surface area contributed by atoms with Crippen molar-refractivity contribution in [1.82, 2.24) is 9.21 Å². The van der Waals surface area contributed by atoms with Crippen LogP contribution in [0.2, 0.25) is 0 Å². The summed E-state index contributed by atoms with van der Waals surface area (Å²) in [5.74, 6) is -0.638. The Morgan fingerprint density at radius 1 is 1.05 bits per heavy atom. The molecule has 1 fully saturated rings. The highest BCUT2D eigenvalue weighted by Crippen LogP contribution is 2.32. The van der Waals surface area contributed by atoms with Gasteiger partial charge in [0.05, 0.1) is 10.5 Å². The van der Waals surface area contributed by atoms with Crippen molar-refractivity contribution in [3.63, 3.8) is 0 Å². The van der Waals surface area contributed by atoms with Crippen LogP contribution in [0.5, 0.6) is 0 Å². The predicted octanol–water partition coefficient (Wildman–Crippen LogP) is 4.39. The number of carbonyl (C=O) groups is 2. The van der Waals surface area contributed by atoms with E-state index in [0.29, 0.717) is 24.9 Å². The molecule has 1 aliphatic heterocycles. The first-order valence-electron chi connectivity index (χ1n) is 11.6. The predicted molar refractivity (Wildman–Crippen MR) is 130 cm³/mol. The van der Waals surface area contributed by atoms with Crippen molar-refractivity contribution in [3.8, 4) is 0 Å². The molecule has 202 valence electrons. The fraction of sp³-hybridized carbons (Fsp3) is 0.440. The van der Waals surface area contributed by atoms with Gasteiger partial charge in [-0.15, -0.1) is 0 Å². The number of amides is 2. The van der Waals surface area contributed by atoms with Crippen LogP contribution >= 0.6 is 0 Å². The summed E-state index contributed by atoms with van der Waals surface area (Å²) in [5.41, 5.74) is 4.36. The number of hydrogen-bond donors (Lipinski definition) is 1. The summed E-state index contributed by atoms with van der Waals surface area (Å²) < 4.78 is 73.2. The summed E-state index contributed by atoms with van der Waals surface area (Å²) in [6, 6.07) is 8.69. The van der Waals surface area contributed by atoms with Crippen LogP contribution < -0.4 is 5.73 Å². The molecular formula is C25H30F3N3O5S. The number of alkyl halides is 3. The van der Waals surface area contributed by atoms with E-state index in [4.69, 9.17) is 10.5 Å². The largest absolute Gasteiger partial charge is 0.444 e. The van der Waals surface area contributed by atoms with E-state index >= 15 is 0 Å². The van der Waals surface area contributed by atoms with Gasteiger partial charge in [0.25, 0.3) is 0 Å². The van der Waals surface area contributed by atoms with E-state index in [1.807, 2.05) is 0 Å². The molecule has 0 spiro atoms. The van der Waals surface area contributed by atoms with Crippen LogP contribution in [0, 0.1) is 0 Å². The van der Waals surface area contributed by atoms with Crippen molar-refractivity contribution in [1.29, 1.82) is 0 Å². The van der Waals surface area contributed by atoms with E-state index in [2.05, 4.69) is 0 Å². The number of halogens is 3. The number of rotatable bonds is 6. The minimum absolute atomic E-state index is 0.0497. The van der Waals surface area contributed by atoms with Gasteiger partial charge < -0.3 is 15.4 Å². The standard InChI is InChI=1S/C25H30F3N3O5S/c1-24(2,3)36-23(33)30-14-4-5-20(16-30)31(15-17-6-8-18(9-7-17)22(29)32)37(34,35)21-12-10-19(11-13-21)25(26,27)28/h6-13,20H,4-5,14-16H2,1-3H3,(H2,29,32). The smallest absolute Gasteiger partial charge is 0.416 e. The van der Waals surface area contributed by atoms with E-state index < -0.39 is 45.4 Å². The maximum Gasteiger partial charge on any atom is 0.416 e. The van der Waals surface area contributed by atoms with Gasteiger partial charge in [0.15, 0.2) is 0 Å². The second kappa shape index (κ2) is 10.7. The van der Waals surface area contributed by atoms with E-state index in [1.54, 1.807) is 32.9 Å². The number of sulfonamides is 1. The summed E-state index contributed by atoms with van der Waals surface area (Å²) in [6.45, 7) is 5.48. The SMILES string of the molecule is CC(C)(C)OC(=O)N1CCCC(N(Cc2ccc(C(N)=O)cc2)S(=O)(=O)c2ccc(C(F)(F)F)cc2)C1. The summed E-state index contributed by atoms with van der Waals surface area (Å²) in [5, 5.41) is 0. The minimum Gasteiger partial charge on any atom is -0.444 e. The highest BCUT2D eigenvalue weighted by atomic mass is 32.2. The Morgan fingerprint density at radius 2 is 1.65 bits per heavy atom. The fourth-order valence-corrected chi connectivity index (χ4v) is 5.63. The van der Waals surface area contributed by atoms with Crippen molar-refractivity contribution >= 4 is 22.0 Å². The van der Waals surface area contributed by atoms with Gasteiger partial charge in [-0.05, 0) is 75.6 Å².